The molecule has 2 fully saturated rings. The molecule has 3 nitrogen and oxygen atoms in total. The number of amides is 1. The molecule has 0 spiro atoms. The predicted octanol–water partition coefficient (Wildman–Crippen LogP) is 3.96. The van der Waals surface area contributed by atoms with Gasteiger partial charge in [-0.2, -0.15) is 0 Å². The molecule has 0 N–H and O–H groups in total. The molecule has 5 rings (SSSR count). The summed E-state index contributed by atoms with van der Waals surface area (Å²) in [5.74, 6) is 0.936. The average Bonchev–Trinajstić information content (AvgIpc) is 3.33. The third kappa shape index (κ3) is 1.41. The zero-order valence-electron chi connectivity index (χ0n) is 11.8. The van der Waals surface area contributed by atoms with Crippen molar-refractivity contribution in [3.8, 4) is 0 Å². The monoisotopic (exact) mass is 277 g/mol. The van der Waals surface area contributed by atoms with Gasteiger partial charge in [-0.1, -0.05) is 18.2 Å². The predicted molar refractivity (Wildman–Crippen MR) is 82.3 cm³/mol. The number of carbonyl (C=O) groups excluding carboxylic acids is 1. The molecule has 0 radical (unpaired) electrons. The maximum atomic E-state index is 12.5. The molecule has 1 amide bonds. The van der Waals surface area contributed by atoms with Gasteiger partial charge in [0.1, 0.15) is 11.2 Å². The Morgan fingerprint density at radius 2 is 1.86 bits per heavy atom. The van der Waals surface area contributed by atoms with E-state index in [1.165, 1.54) is 0 Å². The first kappa shape index (κ1) is 11.4. The minimum absolute atomic E-state index is 0.0115. The van der Waals surface area contributed by atoms with Gasteiger partial charge in [-0.15, -0.1) is 0 Å². The van der Waals surface area contributed by atoms with Crippen molar-refractivity contribution in [2.24, 2.45) is 11.3 Å². The molecule has 2 aromatic carbocycles. The second-order valence-electron chi connectivity index (χ2n) is 6.40. The summed E-state index contributed by atoms with van der Waals surface area (Å²) in [4.78, 5) is 14.3. The van der Waals surface area contributed by atoms with E-state index in [0.717, 1.165) is 40.5 Å². The summed E-state index contributed by atoms with van der Waals surface area (Å²) < 4.78 is 5.90. The number of hydrogen-bond donors (Lipinski definition) is 0. The summed E-state index contributed by atoms with van der Waals surface area (Å²) in [7, 11) is 1.87. The summed E-state index contributed by atoms with van der Waals surface area (Å²) in [6.07, 6.45) is 2.17. The molecule has 2 aliphatic carbocycles. The quantitative estimate of drug-likeness (QED) is 0.710. The third-order valence-corrected chi connectivity index (χ3v) is 5.16. The van der Waals surface area contributed by atoms with Crippen LogP contribution in [-0.2, 0) is 4.79 Å². The van der Waals surface area contributed by atoms with Gasteiger partial charge in [0.05, 0.1) is 5.41 Å². The molecule has 0 bridgehead atoms. The van der Waals surface area contributed by atoms with Gasteiger partial charge in [-0.25, -0.2) is 0 Å². The molecule has 1 heterocycles. The van der Waals surface area contributed by atoms with Crippen LogP contribution >= 0.6 is 0 Å². The molecule has 2 saturated carbocycles. The molecule has 0 atom stereocenters. The van der Waals surface area contributed by atoms with E-state index in [1.54, 1.807) is 4.90 Å². The maximum absolute atomic E-state index is 12.5. The smallest absolute Gasteiger partial charge is 0.233 e. The van der Waals surface area contributed by atoms with Crippen LogP contribution in [0.2, 0.25) is 0 Å². The lowest BCUT2D eigenvalue weighted by molar-refractivity contribution is -0.121. The van der Waals surface area contributed by atoms with Gasteiger partial charge in [-0.3, -0.25) is 4.79 Å². The highest BCUT2D eigenvalue weighted by atomic mass is 16.3. The van der Waals surface area contributed by atoms with E-state index in [0.29, 0.717) is 5.92 Å². The van der Waals surface area contributed by atoms with Crippen LogP contribution in [0.25, 0.3) is 21.9 Å². The SMILES string of the molecule is CN(C(=O)C12CC1C2)c1ccc2c(c1)oc1ccccc12. The fourth-order valence-corrected chi connectivity index (χ4v) is 3.43. The summed E-state index contributed by atoms with van der Waals surface area (Å²) in [5.41, 5.74) is 2.66. The van der Waals surface area contributed by atoms with Crippen LogP contribution in [0, 0.1) is 11.3 Å². The Morgan fingerprint density at radius 3 is 2.62 bits per heavy atom. The summed E-state index contributed by atoms with van der Waals surface area (Å²) in [6, 6.07) is 14.1. The van der Waals surface area contributed by atoms with Crippen molar-refractivity contribution >= 4 is 33.5 Å². The molecule has 3 aromatic rings. The molecule has 0 saturated heterocycles. The largest absolute Gasteiger partial charge is 0.456 e. The Kier molecular flexibility index (Phi) is 1.88. The van der Waals surface area contributed by atoms with Crippen molar-refractivity contribution in [3.05, 3.63) is 42.5 Å². The fraction of sp³-hybridized carbons (Fsp3) is 0.278. The number of fused-ring (bicyclic) bond motifs is 4. The van der Waals surface area contributed by atoms with E-state index in [4.69, 9.17) is 4.42 Å². The summed E-state index contributed by atoms with van der Waals surface area (Å²) in [5, 5.41) is 2.22. The van der Waals surface area contributed by atoms with Gasteiger partial charge < -0.3 is 9.32 Å². The van der Waals surface area contributed by atoms with E-state index in [2.05, 4.69) is 12.1 Å². The number of rotatable bonds is 2. The standard InChI is InChI=1S/C18H15NO2/c1-19(17(20)18-9-11(18)10-18)12-6-7-14-13-4-2-3-5-15(13)21-16(14)8-12/h2-8,11H,9-10H2,1H3. The minimum Gasteiger partial charge on any atom is -0.456 e. The Labute approximate surface area is 122 Å². The highest BCUT2D eigenvalue weighted by Gasteiger charge is 2.75. The fourth-order valence-electron chi connectivity index (χ4n) is 3.43. The van der Waals surface area contributed by atoms with Crippen LogP contribution < -0.4 is 4.90 Å². The Hall–Kier alpha value is -2.29. The molecule has 0 aliphatic heterocycles. The maximum Gasteiger partial charge on any atom is 0.233 e. The first-order valence-electron chi connectivity index (χ1n) is 7.38. The lowest BCUT2D eigenvalue weighted by atomic mass is 10.1. The summed E-state index contributed by atoms with van der Waals surface area (Å²) >= 11 is 0. The van der Waals surface area contributed by atoms with Crippen LogP contribution in [-0.4, -0.2) is 13.0 Å². The highest BCUT2D eigenvalue weighted by molar-refractivity contribution is 6.07. The van der Waals surface area contributed by atoms with Gasteiger partial charge in [0.15, 0.2) is 0 Å². The number of nitrogens with zero attached hydrogens (tertiary/aromatic N) is 1. The molecule has 21 heavy (non-hydrogen) atoms. The van der Waals surface area contributed by atoms with E-state index >= 15 is 0 Å². The molecule has 1 aromatic heterocycles. The highest BCUT2D eigenvalue weighted by Crippen LogP contribution is 2.76. The Bertz CT molecular complexity index is 902. The van der Waals surface area contributed by atoms with E-state index < -0.39 is 0 Å². The van der Waals surface area contributed by atoms with Crippen molar-refractivity contribution in [3.63, 3.8) is 0 Å². The second kappa shape index (κ2) is 3.48. The molecular weight excluding hydrogens is 262 g/mol. The average molecular weight is 277 g/mol. The molecular formula is C18H15NO2. The third-order valence-electron chi connectivity index (χ3n) is 5.16. The van der Waals surface area contributed by atoms with Crippen molar-refractivity contribution < 1.29 is 9.21 Å². The van der Waals surface area contributed by atoms with Gasteiger partial charge in [0, 0.05) is 29.6 Å². The van der Waals surface area contributed by atoms with E-state index in [1.807, 2.05) is 37.4 Å². The van der Waals surface area contributed by atoms with Gasteiger partial charge in [-0.05, 0) is 37.0 Å². The van der Waals surface area contributed by atoms with Gasteiger partial charge in [0.2, 0.25) is 5.91 Å². The first-order chi connectivity index (χ1) is 10.2. The number of furan rings is 1. The lowest BCUT2D eigenvalue weighted by Crippen LogP contribution is -2.30. The minimum atomic E-state index is 0.0115. The van der Waals surface area contributed by atoms with Crippen molar-refractivity contribution in [2.75, 3.05) is 11.9 Å². The normalized spacial score (nSPS) is 25.9. The van der Waals surface area contributed by atoms with E-state index in [-0.39, 0.29) is 11.3 Å². The van der Waals surface area contributed by atoms with Crippen LogP contribution in [0.15, 0.2) is 46.9 Å². The van der Waals surface area contributed by atoms with Crippen LogP contribution in [0.3, 0.4) is 0 Å². The second-order valence-corrected chi connectivity index (χ2v) is 6.40. The number of hydrogen-bond acceptors (Lipinski definition) is 2. The number of benzene rings is 2. The zero-order chi connectivity index (χ0) is 14.2. The van der Waals surface area contributed by atoms with Crippen molar-refractivity contribution in [1.29, 1.82) is 0 Å². The van der Waals surface area contributed by atoms with Crippen LogP contribution in [0.1, 0.15) is 12.8 Å². The van der Waals surface area contributed by atoms with Crippen molar-refractivity contribution in [1.82, 2.24) is 0 Å². The van der Waals surface area contributed by atoms with Crippen LogP contribution in [0.4, 0.5) is 5.69 Å². The zero-order valence-corrected chi connectivity index (χ0v) is 11.8. The molecule has 0 unspecified atom stereocenters. The molecule has 2 aliphatic rings. The number of para-hydroxylation sites is 1. The first-order valence-corrected chi connectivity index (χ1v) is 7.38. The summed E-state index contributed by atoms with van der Waals surface area (Å²) in [6.45, 7) is 0. The Balaban J connectivity index is 1.60. The Morgan fingerprint density at radius 1 is 1.14 bits per heavy atom. The topological polar surface area (TPSA) is 33.5 Å². The van der Waals surface area contributed by atoms with Crippen molar-refractivity contribution in [2.45, 2.75) is 12.8 Å². The molecule has 3 heteroatoms. The van der Waals surface area contributed by atoms with E-state index in [9.17, 15) is 4.79 Å². The number of anilines is 1. The van der Waals surface area contributed by atoms with Gasteiger partial charge >= 0.3 is 0 Å². The van der Waals surface area contributed by atoms with Gasteiger partial charge in [0.25, 0.3) is 0 Å². The number of carbonyl (C=O) groups is 1. The molecule has 104 valence electrons. The lowest BCUT2D eigenvalue weighted by Gasteiger charge is -2.19. The van der Waals surface area contributed by atoms with Crippen LogP contribution in [0.5, 0.6) is 0 Å².